The summed E-state index contributed by atoms with van der Waals surface area (Å²) in [4.78, 5) is 11.5. The number of carbonyl (C=O) groups excluding carboxylic acids is 1. The number of nitrogens with two attached hydrogens (primary N) is 1. The SMILES string of the molecule is COc1cccc(-c2nnc(S[C@@H](C)C(N)=O)n2-c2ccc(Cl)cc2)c1. The Bertz CT molecular complexity index is 927. The number of benzene rings is 2. The van der Waals surface area contributed by atoms with E-state index in [1.807, 2.05) is 41.0 Å². The van der Waals surface area contributed by atoms with Crippen LogP contribution in [0.25, 0.3) is 17.1 Å². The third-order valence-electron chi connectivity index (χ3n) is 3.73. The molecule has 134 valence electrons. The van der Waals surface area contributed by atoms with Crippen molar-refractivity contribution in [1.29, 1.82) is 0 Å². The number of ether oxygens (including phenoxy) is 1. The van der Waals surface area contributed by atoms with Gasteiger partial charge in [0, 0.05) is 16.3 Å². The molecule has 26 heavy (non-hydrogen) atoms. The molecular weight excluding hydrogens is 372 g/mol. The van der Waals surface area contributed by atoms with Gasteiger partial charge in [-0.3, -0.25) is 9.36 Å². The molecule has 0 radical (unpaired) electrons. The van der Waals surface area contributed by atoms with Gasteiger partial charge in [-0.05, 0) is 43.3 Å². The average Bonchev–Trinajstić information content (AvgIpc) is 3.06. The number of amides is 1. The second-order valence-electron chi connectivity index (χ2n) is 5.51. The van der Waals surface area contributed by atoms with Crippen LogP contribution in [0.1, 0.15) is 6.92 Å². The summed E-state index contributed by atoms with van der Waals surface area (Å²) in [7, 11) is 1.61. The second kappa shape index (κ2) is 7.80. The van der Waals surface area contributed by atoms with E-state index in [1.54, 1.807) is 26.2 Å². The third kappa shape index (κ3) is 3.84. The number of methoxy groups -OCH3 is 1. The molecule has 0 spiro atoms. The monoisotopic (exact) mass is 388 g/mol. The fourth-order valence-electron chi connectivity index (χ4n) is 2.33. The molecule has 0 unspecified atom stereocenters. The molecule has 0 bridgehead atoms. The number of thioether (sulfide) groups is 1. The van der Waals surface area contributed by atoms with Gasteiger partial charge in [0.15, 0.2) is 11.0 Å². The Balaban J connectivity index is 2.13. The number of hydrogen-bond donors (Lipinski definition) is 1. The van der Waals surface area contributed by atoms with E-state index in [0.717, 1.165) is 11.3 Å². The highest BCUT2D eigenvalue weighted by Gasteiger charge is 2.20. The molecular formula is C18H17ClN4O2S. The molecule has 8 heteroatoms. The maximum absolute atomic E-state index is 11.5. The summed E-state index contributed by atoms with van der Waals surface area (Å²) in [6, 6.07) is 14.9. The zero-order chi connectivity index (χ0) is 18.7. The van der Waals surface area contributed by atoms with Gasteiger partial charge in [0.1, 0.15) is 5.75 Å². The van der Waals surface area contributed by atoms with Gasteiger partial charge >= 0.3 is 0 Å². The fourth-order valence-corrected chi connectivity index (χ4v) is 3.28. The minimum atomic E-state index is -0.441. The van der Waals surface area contributed by atoms with Crippen LogP contribution in [0.15, 0.2) is 53.7 Å². The van der Waals surface area contributed by atoms with Gasteiger partial charge in [-0.15, -0.1) is 10.2 Å². The fraction of sp³-hybridized carbons (Fsp3) is 0.167. The van der Waals surface area contributed by atoms with E-state index < -0.39 is 11.2 Å². The molecule has 0 fully saturated rings. The van der Waals surface area contributed by atoms with E-state index in [0.29, 0.717) is 21.8 Å². The van der Waals surface area contributed by atoms with Crippen LogP contribution in [0.5, 0.6) is 5.75 Å². The smallest absolute Gasteiger partial charge is 0.230 e. The largest absolute Gasteiger partial charge is 0.497 e. The summed E-state index contributed by atoms with van der Waals surface area (Å²) in [5, 5.41) is 9.34. The third-order valence-corrected chi connectivity index (χ3v) is 5.04. The maximum Gasteiger partial charge on any atom is 0.230 e. The quantitative estimate of drug-likeness (QED) is 0.653. The van der Waals surface area contributed by atoms with Crippen molar-refractivity contribution >= 4 is 29.3 Å². The van der Waals surface area contributed by atoms with E-state index in [9.17, 15) is 4.79 Å². The molecule has 2 N–H and O–H groups in total. The molecule has 0 saturated heterocycles. The van der Waals surface area contributed by atoms with Crippen LogP contribution in [0, 0.1) is 0 Å². The Morgan fingerprint density at radius 3 is 2.62 bits per heavy atom. The van der Waals surface area contributed by atoms with Crippen molar-refractivity contribution < 1.29 is 9.53 Å². The number of nitrogens with zero attached hydrogens (tertiary/aromatic N) is 3. The van der Waals surface area contributed by atoms with Gasteiger partial charge in [-0.1, -0.05) is 35.5 Å². The number of halogens is 1. The number of carbonyl (C=O) groups is 1. The zero-order valence-corrected chi connectivity index (χ0v) is 15.8. The Morgan fingerprint density at radius 2 is 1.96 bits per heavy atom. The molecule has 1 aromatic heterocycles. The van der Waals surface area contributed by atoms with Crippen LogP contribution >= 0.6 is 23.4 Å². The van der Waals surface area contributed by atoms with Crippen molar-refractivity contribution in [3.63, 3.8) is 0 Å². The normalized spacial score (nSPS) is 12.0. The van der Waals surface area contributed by atoms with Crippen LogP contribution in [0.3, 0.4) is 0 Å². The zero-order valence-electron chi connectivity index (χ0n) is 14.2. The van der Waals surface area contributed by atoms with Crippen molar-refractivity contribution in [2.24, 2.45) is 5.73 Å². The van der Waals surface area contributed by atoms with Gasteiger partial charge in [0.2, 0.25) is 5.91 Å². The first-order valence-electron chi connectivity index (χ1n) is 7.81. The minimum Gasteiger partial charge on any atom is -0.497 e. The predicted octanol–water partition coefficient (Wildman–Crippen LogP) is 3.56. The average molecular weight is 389 g/mol. The molecule has 0 aliphatic heterocycles. The lowest BCUT2D eigenvalue weighted by atomic mass is 10.2. The number of hydrogen-bond acceptors (Lipinski definition) is 5. The number of rotatable bonds is 6. The van der Waals surface area contributed by atoms with Crippen molar-refractivity contribution in [3.8, 4) is 22.8 Å². The minimum absolute atomic E-state index is 0.413. The highest BCUT2D eigenvalue weighted by molar-refractivity contribution is 8.00. The van der Waals surface area contributed by atoms with Crippen LogP contribution < -0.4 is 10.5 Å². The molecule has 0 saturated carbocycles. The van der Waals surface area contributed by atoms with Crippen molar-refractivity contribution in [2.75, 3.05) is 7.11 Å². The van der Waals surface area contributed by atoms with E-state index >= 15 is 0 Å². The van der Waals surface area contributed by atoms with E-state index in [-0.39, 0.29) is 0 Å². The Morgan fingerprint density at radius 1 is 1.23 bits per heavy atom. The molecule has 2 aromatic carbocycles. The first-order valence-corrected chi connectivity index (χ1v) is 9.07. The molecule has 6 nitrogen and oxygen atoms in total. The van der Waals surface area contributed by atoms with Crippen LogP contribution in [-0.2, 0) is 4.79 Å². The summed E-state index contributed by atoms with van der Waals surface area (Å²) in [6.45, 7) is 1.74. The van der Waals surface area contributed by atoms with E-state index in [4.69, 9.17) is 22.1 Å². The van der Waals surface area contributed by atoms with Crippen LogP contribution in [0.2, 0.25) is 5.02 Å². The van der Waals surface area contributed by atoms with Gasteiger partial charge in [-0.25, -0.2) is 0 Å². The Kier molecular flexibility index (Phi) is 5.49. The summed E-state index contributed by atoms with van der Waals surface area (Å²) in [5.41, 5.74) is 7.07. The first kappa shape index (κ1) is 18.3. The summed E-state index contributed by atoms with van der Waals surface area (Å²) < 4.78 is 7.17. The molecule has 0 aliphatic rings. The lowest BCUT2D eigenvalue weighted by molar-refractivity contribution is -0.117. The van der Waals surface area contributed by atoms with E-state index in [1.165, 1.54) is 11.8 Å². The molecule has 1 heterocycles. The van der Waals surface area contributed by atoms with Gasteiger partial charge in [0.05, 0.1) is 12.4 Å². The van der Waals surface area contributed by atoms with Crippen LogP contribution in [-0.4, -0.2) is 33.0 Å². The molecule has 1 atom stereocenters. The van der Waals surface area contributed by atoms with Crippen molar-refractivity contribution in [2.45, 2.75) is 17.3 Å². The highest BCUT2D eigenvalue weighted by atomic mass is 35.5. The topological polar surface area (TPSA) is 83.0 Å². The van der Waals surface area contributed by atoms with Crippen molar-refractivity contribution in [3.05, 3.63) is 53.6 Å². The van der Waals surface area contributed by atoms with E-state index in [2.05, 4.69) is 10.2 Å². The second-order valence-corrected chi connectivity index (χ2v) is 7.26. The lowest BCUT2D eigenvalue weighted by Gasteiger charge is -2.12. The Labute approximate surface area is 160 Å². The number of primary amides is 1. The van der Waals surface area contributed by atoms with Crippen LogP contribution in [0.4, 0.5) is 0 Å². The lowest BCUT2D eigenvalue weighted by Crippen LogP contribution is -2.23. The molecule has 3 rings (SSSR count). The number of aromatic nitrogens is 3. The van der Waals surface area contributed by atoms with Gasteiger partial charge < -0.3 is 10.5 Å². The Hall–Kier alpha value is -2.51. The molecule has 1 amide bonds. The first-order chi connectivity index (χ1) is 12.5. The molecule has 3 aromatic rings. The summed E-state index contributed by atoms with van der Waals surface area (Å²) in [6.07, 6.45) is 0. The predicted molar refractivity (Wildman–Crippen MR) is 103 cm³/mol. The molecule has 0 aliphatic carbocycles. The van der Waals surface area contributed by atoms with Gasteiger partial charge in [0.25, 0.3) is 0 Å². The highest BCUT2D eigenvalue weighted by Crippen LogP contribution is 2.31. The van der Waals surface area contributed by atoms with Gasteiger partial charge in [-0.2, -0.15) is 0 Å². The summed E-state index contributed by atoms with van der Waals surface area (Å²) >= 11 is 7.27. The standard InChI is InChI=1S/C18H17ClN4O2S/c1-11(16(20)24)26-18-22-21-17(12-4-3-5-15(10-12)25-2)23(18)14-8-6-13(19)7-9-14/h3-11H,1-2H3,(H2,20,24)/t11-/m0/s1. The maximum atomic E-state index is 11.5. The van der Waals surface area contributed by atoms with Crippen molar-refractivity contribution in [1.82, 2.24) is 14.8 Å². The summed E-state index contributed by atoms with van der Waals surface area (Å²) in [5.74, 6) is 0.932.